The van der Waals surface area contributed by atoms with Crippen LogP contribution in [0.15, 0.2) is 6.20 Å². The van der Waals surface area contributed by atoms with E-state index in [4.69, 9.17) is 10.00 Å². The van der Waals surface area contributed by atoms with Crippen LogP contribution in [0.2, 0.25) is 0 Å². The van der Waals surface area contributed by atoms with Crippen molar-refractivity contribution in [2.24, 2.45) is 13.0 Å². The van der Waals surface area contributed by atoms with Crippen molar-refractivity contribution in [1.29, 1.82) is 5.26 Å². The van der Waals surface area contributed by atoms with Crippen molar-refractivity contribution in [3.63, 3.8) is 0 Å². The predicted octanol–water partition coefficient (Wildman–Crippen LogP) is -0.275. The number of nitrogens with zero attached hydrogens (tertiary/aromatic N) is 4. The summed E-state index contributed by atoms with van der Waals surface area (Å²) in [5.41, 5.74) is 0.298. The average molecular weight is 291 g/mol. The molecule has 0 saturated carbocycles. The van der Waals surface area contributed by atoms with Gasteiger partial charge in [0.05, 0.1) is 18.7 Å². The Labute approximate surface area is 122 Å². The van der Waals surface area contributed by atoms with Crippen molar-refractivity contribution >= 4 is 17.6 Å². The first-order valence-electron chi connectivity index (χ1n) is 6.56. The van der Waals surface area contributed by atoms with Crippen LogP contribution in [0.3, 0.4) is 0 Å². The van der Waals surface area contributed by atoms with Crippen molar-refractivity contribution in [3.8, 4) is 6.07 Å². The summed E-state index contributed by atoms with van der Waals surface area (Å²) in [5.74, 6) is -0.401. The van der Waals surface area contributed by atoms with Crippen molar-refractivity contribution in [1.82, 2.24) is 14.7 Å². The fourth-order valence-electron chi connectivity index (χ4n) is 2.25. The van der Waals surface area contributed by atoms with E-state index in [0.717, 1.165) is 0 Å². The van der Waals surface area contributed by atoms with E-state index in [1.165, 1.54) is 10.9 Å². The van der Waals surface area contributed by atoms with Crippen LogP contribution in [0.4, 0.5) is 5.82 Å². The Morgan fingerprint density at radius 1 is 1.67 bits per heavy atom. The lowest BCUT2D eigenvalue weighted by Crippen LogP contribution is -2.31. The van der Waals surface area contributed by atoms with Crippen LogP contribution >= 0.6 is 0 Å². The number of nitrogens with one attached hydrogen (secondary N) is 1. The summed E-state index contributed by atoms with van der Waals surface area (Å²) < 4.78 is 6.36. The highest BCUT2D eigenvalue weighted by molar-refractivity contribution is 5.97. The minimum Gasteiger partial charge on any atom is -0.383 e. The fourth-order valence-corrected chi connectivity index (χ4v) is 2.25. The molecule has 1 unspecified atom stereocenters. The molecule has 2 heterocycles. The molecule has 8 nitrogen and oxygen atoms in total. The molecule has 0 spiro atoms. The Morgan fingerprint density at radius 3 is 3.10 bits per heavy atom. The van der Waals surface area contributed by atoms with Crippen LogP contribution in [0.1, 0.15) is 12.0 Å². The van der Waals surface area contributed by atoms with Gasteiger partial charge in [-0.2, -0.15) is 10.4 Å². The fraction of sp³-hybridized carbons (Fsp3) is 0.538. The maximum atomic E-state index is 12.2. The molecular formula is C13H17N5O3. The number of hydrogen-bond donors (Lipinski definition) is 1. The normalized spacial score (nSPS) is 17.9. The summed E-state index contributed by atoms with van der Waals surface area (Å²) in [4.78, 5) is 25.6. The Bertz CT molecular complexity index is 589. The molecule has 0 radical (unpaired) electrons. The van der Waals surface area contributed by atoms with Gasteiger partial charge < -0.3 is 15.0 Å². The lowest BCUT2D eigenvalue weighted by Gasteiger charge is -2.15. The maximum absolute atomic E-state index is 12.2. The smallest absolute Gasteiger partial charge is 0.230 e. The summed E-state index contributed by atoms with van der Waals surface area (Å²) in [6, 6.07) is 1.97. The molecule has 1 fully saturated rings. The van der Waals surface area contributed by atoms with Crippen molar-refractivity contribution in [2.75, 3.05) is 32.1 Å². The highest BCUT2D eigenvalue weighted by Crippen LogP contribution is 2.20. The number of nitriles is 1. The van der Waals surface area contributed by atoms with E-state index in [-0.39, 0.29) is 18.2 Å². The summed E-state index contributed by atoms with van der Waals surface area (Å²) in [6.07, 6.45) is 1.57. The summed E-state index contributed by atoms with van der Waals surface area (Å²) >= 11 is 0. The largest absolute Gasteiger partial charge is 0.383 e. The van der Waals surface area contributed by atoms with E-state index < -0.39 is 5.92 Å². The quantitative estimate of drug-likeness (QED) is 0.804. The molecule has 0 aliphatic carbocycles. The number of anilines is 1. The minimum absolute atomic E-state index is 0.0577. The number of amides is 2. The second-order valence-electron chi connectivity index (χ2n) is 4.87. The first kappa shape index (κ1) is 15.0. The summed E-state index contributed by atoms with van der Waals surface area (Å²) in [7, 11) is 3.21. The van der Waals surface area contributed by atoms with Crippen LogP contribution in [0.5, 0.6) is 0 Å². The molecule has 112 valence electrons. The Kier molecular flexibility index (Phi) is 4.55. The zero-order valence-corrected chi connectivity index (χ0v) is 12.0. The minimum atomic E-state index is -0.421. The highest BCUT2D eigenvalue weighted by atomic mass is 16.5. The van der Waals surface area contributed by atoms with Crippen molar-refractivity contribution in [2.45, 2.75) is 6.42 Å². The third-order valence-corrected chi connectivity index (χ3v) is 3.45. The Hall–Kier alpha value is -2.40. The third kappa shape index (κ3) is 3.20. The number of aromatic nitrogens is 2. The third-order valence-electron chi connectivity index (χ3n) is 3.45. The molecule has 1 aliphatic rings. The number of methoxy groups -OCH3 is 1. The standard InChI is InChI=1S/C13H17N5O3/c1-17-12(10(6-14)7-15-17)16-13(20)9-5-11(19)18(8-9)3-4-21-2/h7,9H,3-5,8H2,1-2H3,(H,16,20). The number of carbonyl (C=O) groups excluding carboxylic acids is 2. The average Bonchev–Trinajstić information content (AvgIpc) is 3.01. The number of ether oxygens (including phenoxy) is 1. The van der Waals surface area contributed by atoms with E-state index in [1.54, 1.807) is 19.1 Å². The van der Waals surface area contributed by atoms with Gasteiger partial charge in [0, 0.05) is 33.7 Å². The lowest BCUT2D eigenvalue weighted by molar-refractivity contribution is -0.128. The van der Waals surface area contributed by atoms with Gasteiger partial charge in [0.1, 0.15) is 17.5 Å². The van der Waals surface area contributed by atoms with E-state index in [2.05, 4.69) is 10.4 Å². The second kappa shape index (κ2) is 6.37. The van der Waals surface area contributed by atoms with E-state index in [0.29, 0.717) is 31.1 Å². The highest BCUT2D eigenvalue weighted by Gasteiger charge is 2.34. The van der Waals surface area contributed by atoms with Crippen LogP contribution in [-0.4, -0.2) is 53.3 Å². The molecule has 21 heavy (non-hydrogen) atoms. The van der Waals surface area contributed by atoms with E-state index >= 15 is 0 Å². The number of aryl methyl sites for hydroxylation is 1. The molecule has 8 heteroatoms. The topological polar surface area (TPSA) is 100 Å². The zero-order chi connectivity index (χ0) is 15.4. The maximum Gasteiger partial charge on any atom is 0.230 e. The van der Waals surface area contributed by atoms with Gasteiger partial charge in [-0.25, -0.2) is 0 Å². The predicted molar refractivity (Wildman–Crippen MR) is 73.1 cm³/mol. The SMILES string of the molecule is COCCN1CC(C(=O)Nc2c(C#N)cnn2C)CC1=O. The van der Waals surface area contributed by atoms with Crippen molar-refractivity contribution < 1.29 is 14.3 Å². The van der Waals surface area contributed by atoms with Gasteiger partial charge in [0.25, 0.3) is 0 Å². The molecule has 1 N–H and O–H groups in total. The van der Waals surface area contributed by atoms with E-state index in [9.17, 15) is 9.59 Å². The number of hydrogen-bond acceptors (Lipinski definition) is 5. The first-order valence-corrected chi connectivity index (χ1v) is 6.56. The van der Waals surface area contributed by atoms with Gasteiger partial charge in [-0.15, -0.1) is 0 Å². The molecular weight excluding hydrogens is 274 g/mol. The molecule has 2 rings (SSSR count). The molecule has 1 saturated heterocycles. The van der Waals surface area contributed by atoms with Gasteiger partial charge >= 0.3 is 0 Å². The molecule has 0 aromatic carbocycles. The zero-order valence-electron chi connectivity index (χ0n) is 12.0. The number of rotatable bonds is 5. The summed E-state index contributed by atoms with van der Waals surface area (Å²) in [6.45, 7) is 1.29. The van der Waals surface area contributed by atoms with Crippen LogP contribution < -0.4 is 5.32 Å². The number of likely N-dealkylation sites (tertiary alicyclic amines) is 1. The van der Waals surface area contributed by atoms with Crippen LogP contribution in [-0.2, 0) is 21.4 Å². The van der Waals surface area contributed by atoms with Gasteiger partial charge in [0.2, 0.25) is 11.8 Å². The molecule has 2 amide bonds. The first-order chi connectivity index (χ1) is 10.1. The molecule has 1 aromatic heterocycles. The van der Waals surface area contributed by atoms with Gasteiger partial charge in [-0.05, 0) is 0 Å². The monoisotopic (exact) mass is 291 g/mol. The molecule has 1 aromatic rings. The second-order valence-corrected chi connectivity index (χ2v) is 4.87. The number of carbonyl (C=O) groups is 2. The van der Waals surface area contributed by atoms with Gasteiger partial charge in [-0.3, -0.25) is 14.3 Å². The van der Waals surface area contributed by atoms with Gasteiger partial charge in [0.15, 0.2) is 0 Å². The molecule has 0 bridgehead atoms. The van der Waals surface area contributed by atoms with Gasteiger partial charge in [-0.1, -0.05) is 0 Å². The Balaban J connectivity index is 2.00. The van der Waals surface area contributed by atoms with Crippen molar-refractivity contribution in [3.05, 3.63) is 11.8 Å². The lowest BCUT2D eigenvalue weighted by atomic mass is 10.1. The molecule has 1 aliphatic heterocycles. The van der Waals surface area contributed by atoms with Crippen LogP contribution in [0.25, 0.3) is 0 Å². The molecule has 1 atom stereocenters. The summed E-state index contributed by atoms with van der Waals surface area (Å²) in [5, 5.41) is 15.6. The van der Waals surface area contributed by atoms with Crippen LogP contribution in [0, 0.1) is 17.2 Å². The Morgan fingerprint density at radius 2 is 2.43 bits per heavy atom. The van der Waals surface area contributed by atoms with E-state index in [1.807, 2.05) is 6.07 Å².